The molecule has 4 heterocycles. The minimum Gasteiger partial charge on any atom is -0.457 e. The molecule has 0 saturated carbocycles. The Balaban J connectivity index is 1.24. The summed E-state index contributed by atoms with van der Waals surface area (Å²) in [7, 11) is 0. The molecule has 0 aliphatic carbocycles. The number of benzene rings is 2. The maximum absolute atomic E-state index is 13.8. The van der Waals surface area contributed by atoms with Crippen LogP contribution in [0.25, 0.3) is 0 Å². The van der Waals surface area contributed by atoms with E-state index in [2.05, 4.69) is 10.3 Å². The molecule has 2 aromatic carbocycles. The topological polar surface area (TPSA) is 80.8 Å². The van der Waals surface area contributed by atoms with Gasteiger partial charge in [0.25, 0.3) is 5.91 Å². The second-order valence-corrected chi connectivity index (χ2v) is 9.58. The predicted molar refractivity (Wildman–Crippen MR) is 124 cm³/mol. The molecule has 0 spiro atoms. The van der Waals surface area contributed by atoms with Crippen LogP contribution < -0.4 is 10.1 Å². The van der Waals surface area contributed by atoms with Gasteiger partial charge in [0.05, 0.1) is 18.2 Å². The molecular formula is C25H23N3O4S. The normalized spacial score (nSPS) is 19.3. The van der Waals surface area contributed by atoms with Crippen LogP contribution in [0.2, 0.25) is 0 Å². The molecule has 1 aromatic heterocycles. The Hall–Kier alpha value is -3.23. The average Bonchev–Trinajstić information content (AvgIpc) is 3.51. The number of carbonyl (C=O) groups is 2. The van der Waals surface area contributed by atoms with Crippen LogP contribution in [0, 0.1) is 0 Å². The zero-order valence-electron chi connectivity index (χ0n) is 18.0. The van der Waals surface area contributed by atoms with Gasteiger partial charge in [-0.05, 0) is 25.0 Å². The highest BCUT2D eigenvalue weighted by atomic mass is 32.1. The molecule has 1 fully saturated rings. The lowest BCUT2D eigenvalue weighted by molar-refractivity contribution is -0.133. The molecule has 168 valence electrons. The Morgan fingerprint density at radius 2 is 1.79 bits per heavy atom. The van der Waals surface area contributed by atoms with E-state index in [0.717, 1.165) is 46.0 Å². The Bertz CT molecular complexity index is 1190. The zero-order chi connectivity index (χ0) is 22.4. The van der Waals surface area contributed by atoms with Gasteiger partial charge in [-0.15, -0.1) is 0 Å². The van der Waals surface area contributed by atoms with E-state index < -0.39 is 12.0 Å². The molecule has 3 aliphatic heterocycles. The number of carbonyl (C=O) groups excluding carboxylic acids is 2. The highest BCUT2D eigenvalue weighted by molar-refractivity contribution is 7.15. The van der Waals surface area contributed by atoms with Crippen LogP contribution in [0.1, 0.15) is 40.5 Å². The van der Waals surface area contributed by atoms with Crippen molar-refractivity contribution in [3.8, 4) is 11.5 Å². The predicted octanol–water partition coefficient (Wildman–Crippen LogP) is 4.08. The number of para-hydroxylation sites is 2. The fraction of sp³-hybridized carbons (Fsp3) is 0.320. The van der Waals surface area contributed by atoms with Crippen LogP contribution in [-0.4, -0.2) is 41.0 Å². The molecule has 1 unspecified atom stereocenters. The number of thiazole rings is 1. The Morgan fingerprint density at radius 3 is 2.48 bits per heavy atom. The van der Waals surface area contributed by atoms with Crippen molar-refractivity contribution in [2.45, 2.75) is 37.8 Å². The van der Waals surface area contributed by atoms with Crippen molar-refractivity contribution in [1.82, 2.24) is 9.88 Å². The molecule has 8 heteroatoms. The van der Waals surface area contributed by atoms with Crippen molar-refractivity contribution in [3.63, 3.8) is 0 Å². The van der Waals surface area contributed by atoms with E-state index in [4.69, 9.17) is 9.47 Å². The van der Waals surface area contributed by atoms with Crippen LogP contribution >= 0.6 is 11.3 Å². The molecule has 6 rings (SSSR count). The summed E-state index contributed by atoms with van der Waals surface area (Å²) < 4.78 is 11.5. The largest absolute Gasteiger partial charge is 0.457 e. The minimum atomic E-state index is -0.403. The lowest BCUT2D eigenvalue weighted by atomic mass is 9.86. The van der Waals surface area contributed by atoms with Crippen molar-refractivity contribution in [1.29, 1.82) is 0 Å². The molecule has 3 aromatic rings. The number of nitrogens with zero attached hydrogens (tertiary/aromatic N) is 2. The number of anilines is 1. The van der Waals surface area contributed by atoms with Gasteiger partial charge in [0.2, 0.25) is 5.91 Å². The van der Waals surface area contributed by atoms with E-state index in [0.29, 0.717) is 31.2 Å². The number of amides is 2. The molecule has 7 nitrogen and oxygen atoms in total. The van der Waals surface area contributed by atoms with E-state index in [1.807, 2.05) is 53.4 Å². The molecule has 0 radical (unpaired) electrons. The molecule has 1 atom stereocenters. The van der Waals surface area contributed by atoms with Gasteiger partial charge in [0.15, 0.2) is 5.13 Å². The first-order valence-corrected chi connectivity index (χ1v) is 12.0. The second-order valence-electron chi connectivity index (χ2n) is 8.50. The lowest BCUT2D eigenvalue weighted by Crippen LogP contribution is -2.39. The van der Waals surface area contributed by atoms with Gasteiger partial charge in [0, 0.05) is 35.6 Å². The van der Waals surface area contributed by atoms with Gasteiger partial charge in [-0.2, -0.15) is 0 Å². The van der Waals surface area contributed by atoms with Gasteiger partial charge >= 0.3 is 0 Å². The maximum Gasteiger partial charge on any atom is 0.255 e. The number of nitrogens with one attached hydrogen (secondary N) is 1. The zero-order valence-corrected chi connectivity index (χ0v) is 18.8. The van der Waals surface area contributed by atoms with Crippen molar-refractivity contribution >= 4 is 28.3 Å². The highest BCUT2D eigenvalue weighted by Crippen LogP contribution is 2.45. The van der Waals surface area contributed by atoms with Crippen LogP contribution in [0.3, 0.4) is 0 Å². The first-order valence-electron chi connectivity index (χ1n) is 11.2. The maximum atomic E-state index is 13.8. The van der Waals surface area contributed by atoms with E-state index in [1.165, 1.54) is 11.3 Å². The van der Waals surface area contributed by atoms with Gasteiger partial charge in [0.1, 0.15) is 17.6 Å². The van der Waals surface area contributed by atoms with Crippen LogP contribution in [0.15, 0.2) is 48.5 Å². The Morgan fingerprint density at radius 1 is 1.06 bits per heavy atom. The molecule has 1 N–H and O–H groups in total. The number of hydrogen-bond donors (Lipinski definition) is 1. The Kier molecular flexibility index (Phi) is 5.11. The van der Waals surface area contributed by atoms with Gasteiger partial charge in [-0.3, -0.25) is 14.9 Å². The molecule has 33 heavy (non-hydrogen) atoms. The fourth-order valence-corrected chi connectivity index (χ4v) is 5.79. The summed E-state index contributed by atoms with van der Waals surface area (Å²) in [5, 5.41) is 3.48. The van der Waals surface area contributed by atoms with Gasteiger partial charge in [-0.1, -0.05) is 47.7 Å². The number of ether oxygens (including phenoxy) is 2. The minimum absolute atomic E-state index is 0.0576. The van der Waals surface area contributed by atoms with E-state index >= 15 is 0 Å². The van der Waals surface area contributed by atoms with Crippen molar-refractivity contribution in [2.24, 2.45) is 0 Å². The summed E-state index contributed by atoms with van der Waals surface area (Å²) in [6.07, 6.45) is 1.92. The summed E-state index contributed by atoms with van der Waals surface area (Å²) in [5.41, 5.74) is 2.74. The first kappa shape index (κ1) is 20.4. The van der Waals surface area contributed by atoms with Crippen LogP contribution in [0.4, 0.5) is 5.13 Å². The number of hydrogen-bond acceptors (Lipinski definition) is 6. The van der Waals surface area contributed by atoms with Crippen molar-refractivity contribution in [2.75, 3.05) is 18.5 Å². The fourth-order valence-electron chi connectivity index (χ4n) is 4.77. The van der Waals surface area contributed by atoms with Crippen LogP contribution in [0.5, 0.6) is 11.5 Å². The summed E-state index contributed by atoms with van der Waals surface area (Å²) in [5.74, 6) is 0.969. The Labute approximate surface area is 195 Å². The van der Waals surface area contributed by atoms with E-state index in [1.54, 1.807) is 0 Å². The van der Waals surface area contributed by atoms with Crippen molar-refractivity contribution in [3.05, 3.63) is 70.2 Å². The van der Waals surface area contributed by atoms with Crippen molar-refractivity contribution < 1.29 is 19.1 Å². The third-order valence-electron chi connectivity index (χ3n) is 6.42. The van der Waals surface area contributed by atoms with E-state index in [-0.39, 0.29) is 11.8 Å². The lowest BCUT2D eigenvalue weighted by Gasteiger charge is -2.33. The summed E-state index contributed by atoms with van der Waals surface area (Å²) >= 11 is 1.44. The smallest absolute Gasteiger partial charge is 0.255 e. The number of aromatic nitrogens is 1. The molecule has 1 saturated heterocycles. The number of rotatable bonds is 3. The molecule has 0 bridgehead atoms. The molecule has 2 amide bonds. The second kappa shape index (κ2) is 8.28. The average molecular weight is 462 g/mol. The van der Waals surface area contributed by atoms with Gasteiger partial charge < -0.3 is 14.4 Å². The van der Waals surface area contributed by atoms with Gasteiger partial charge in [-0.25, -0.2) is 4.98 Å². The quantitative estimate of drug-likeness (QED) is 0.636. The number of fused-ring (bicyclic) bond motifs is 3. The van der Waals surface area contributed by atoms with E-state index in [9.17, 15) is 9.59 Å². The third kappa shape index (κ3) is 3.69. The highest BCUT2D eigenvalue weighted by Gasteiger charge is 2.37. The third-order valence-corrected chi connectivity index (χ3v) is 7.42. The molecular weight excluding hydrogens is 438 g/mol. The standard InChI is InChI=1S/C25H23N3O4S/c29-23(20-10-5-13-31-20)27-25-26-17-11-12-28(14-21(17)33-25)24(30)22-15-6-1-3-8-18(15)32-19-9-4-2-7-16(19)22/h1-4,6-9,20,22H,5,10-14H2,(H,26,27,29). The monoisotopic (exact) mass is 461 g/mol. The summed E-state index contributed by atoms with van der Waals surface area (Å²) in [6.45, 7) is 1.71. The summed E-state index contributed by atoms with van der Waals surface area (Å²) in [4.78, 5) is 33.7. The SMILES string of the molecule is O=C(Nc1nc2c(s1)CN(C(=O)C1c3ccccc3Oc3ccccc31)CC2)C1CCCO1. The molecule has 3 aliphatic rings. The first-order chi connectivity index (χ1) is 16.2. The van der Waals surface area contributed by atoms with Crippen LogP contribution in [-0.2, 0) is 27.3 Å². The summed E-state index contributed by atoms with van der Waals surface area (Å²) in [6, 6.07) is 15.5.